The first-order chi connectivity index (χ1) is 10.3. The van der Waals surface area contributed by atoms with Gasteiger partial charge in [0.15, 0.2) is 0 Å². The lowest BCUT2D eigenvalue weighted by molar-refractivity contribution is -0.129. The molecule has 0 spiro atoms. The summed E-state index contributed by atoms with van der Waals surface area (Å²) in [5.74, 6) is 0.165. The van der Waals surface area contributed by atoms with Gasteiger partial charge in [0.05, 0.1) is 19.3 Å². The molecular formula is C17H24N2O2. The average Bonchev–Trinajstić information content (AvgIpc) is 3.11. The molecule has 1 amide bonds. The number of aryl methyl sites for hydroxylation is 1. The summed E-state index contributed by atoms with van der Waals surface area (Å²) >= 11 is 0. The molecule has 1 atom stereocenters. The highest BCUT2D eigenvalue weighted by atomic mass is 16.5. The molecule has 0 radical (unpaired) electrons. The molecule has 1 unspecified atom stereocenters. The topological polar surface area (TPSA) is 41.6 Å². The zero-order valence-corrected chi connectivity index (χ0v) is 12.7. The van der Waals surface area contributed by atoms with Crippen molar-refractivity contribution < 1.29 is 9.53 Å². The SMILES string of the molecule is Cc1ccccc1C1NCC(=O)N1CCOC1CCCC1. The minimum atomic E-state index is -0.00845. The Kier molecular flexibility index (Phi) is 4.56. The number of nitrogens with one attached hydrogen (secondary N) is 1. The van der Waals surface area contributed by atoms with Crippen molar-refractivity contribution in [1.82, 2.24) is 10.2 Å². The van der Waals surface area contributed by atoms with E-state index in [4.69, 9.17) is 4.74 Å². The molecule has 2 fully saturated rings. The highest BCUT2D eigenvalue weighted by Crippen LogP contribution is 2.25. The van der Waals surface area contributed by atoms with Crippen LogP contribution in [0.15, 0.2) is 24.3 Å². The van der Waals surface area contributed by atoms with Gasteiger partial charge in [0.25, 0.3) is 0 Å². The second-order valence-electron chi connectivity index (χ2n) is 6.00. The zero-order valence-electron chi connectivity index (χ0n) is 12.7. The summed E-state index contributed by atoms with van der Waals surface area (Å²) < 4.78 is 5.91. The molecule has 3 rings (SSSR count). The predicted molar refractivity (Wildman–Crippen MR) is 81.8 cm³/mol. The standard InChI is InChI=1S/C17H24N2O2/c1-13-6-2-5-9-15(13)17-18-12-16(20)19(17)10-11-21-14-7-3-4-8-14/h2,5-6,9,14,17-18H,3-4,7-8,10-12H2,1H3. The number of rotatable bonds is 5. The fraction of sp³-hybridized carbons (Fsp3) is 0.588. The number of carbonyl (C=O) groups is 1. The lowest BCUT2D eigenvalue weighted by atomic mass is 10.1. The molecule has 1 aliphatic heterocycles. The Labute approximate surface area is 126 Å². The van der Waals surface area contributed by atoms with Crippen LogP contribution in [0, 0.1) is 6.92 Å². The minimum Gasteiger partial charge on any atom is -0.376 e. The van der Waals surface area contributed by atoms with Crippen LogP contribution in [0.1, 0.15) is 43.0 Å². The van der Waals surface area contributed by atoms with Gasteiger partial charge in [0.1, 0.15) is 6.17 Å². The van der Waals surface area contributed by atoms with Crippen molar-refractivity contribution in [1.29, 1.82) is 0 Å². The summed E-state index contributed by atoms with van der Waals surface area (Å²) in [5, 5.41) is 3.31. The molecule has 1 heterocycles. The van der Waals surface area contributed by atoms with Crippen LogP contribution in [0.3, 0.4) is 0 Å². The number of ether oxygens (including phenoxy) is 1. The third kappa shape index (κ3) is 3.27. The van der Waals surface area contributed by atoms with Gasteiger partial charge >= 0.3 is 0 Å². The number of benzene rings is 1. The maximum absolute atomic E-state index is 12.1. The van der Waals surface area contributed by atoms with Gasteiger partial charge in [-0.25, -0.2) is 0 Å². The zero-order chi connectivity index (χ0) is 14.7. The first-order valence-electron chi connectivity index (χ1n) is 7.95. The van der Waals surface area contributed by atoms with Crippen molar-refractivity contribution in [2.24, 2.45) is 0 Å². The number of hydrogen-bond acceptors (Lipinski definition) is 3. The molecule has 1 saturated carbocycles. The summed E-state index contributed by atoms with van der Waals surface area (Å²) in [6.45, 7) is 3.82. The van der Waals surface area contributed by atoms with Gasteiger partial charge in [-0.3, -0.25) is 10.1 Å². The lowest BCUT2D eigenvalue weighted by Gasteiger charge is -2.26. The van der Waals surface area contributed by atoms with E-state index in [1.54, 1.807) is 0 Å². The molecule has 21 heavy (non-hydrogen) atoms. The summed E-state index contributed by atoms with van der Waals surface area (Å²) in [5.41, 5.74) is 2.40. The monoisotopic (exact) mass is 288 g/mol. The van der Waals surface area contributed by atoms with E-state index in [1.165, 1.54) is 36.8 Å². The molecule has 1 N–H and O–H groups in total. The second kappa shape index (κ2) is 6.58. The number of carbonyl (C=O) groups excluding carboxylic acids is 1. The molecule has 4 nitrogen and oxygen atoms in total. The van der Waals surface area contributed by atoms with E-state index in [0.717, 1.165) is 0 Å². The van der Waals surface area contributed by atoms with Crippen molar-refractivity contribution in [2.45, 2.75) is 44.9 Å². The van der Waals surface area contributed by atoms with Gasteiger partial charge in [-0.1, -0.05) is 37.1 Å². The Morgan fingerprint density at radius 2 is 2.05 bits per heavy atom. The Bertz CT molecular complexity index is 497. The van der Waals surface area contributed by atoms with Crippen LogP contribution in [-0.2, 0) is 9.53 Å². The molecule has 1 aromatic carbocycles. The number of hydrogen-bond donors (Lipinski definition) is 1. The highest BCUT2D eigenvalue weighted by molar-refractivity contribution is 5.81. The van der Waals surface area contributed by atoms with Crippen LogP contribution in [0.25, 0.3) is 0 Å². The maximum Gasteiger partial charge on any atom is 0.238 e. The molecule has 1 saturated heterocycles. The molecule has 0 bridgehead atoms. The normalized spacial score (nSPS) is 23.2. The summed E-state index contributed by atoms with van der Waals surface area (Å²) in [6, 6.07) is 8.24. The molecule has 1 aromatic rings. The van der Waals surface area contributed by atoms with Gasteiger partial charge in [-0.05, 0) is 30.9 Å². The van der Waals surface area contributed by atoms with E-state index in [0.29, 0.717) is 25.8 Å². The Balaban J connectivity index is 1.61. The van der Waals surface area contributed by atoms with E-state index in [2.05, 4.69) is 24.4 Å². The van der Waals surface area contributed by atoms with Gasteiger partial charge in [0, 0.05) is 6.54 Å². The number of amides is 1. The van der Waals surface area contributed by atoms with Crippen molar-refractivity contribution in [3.05, 3.63) is 35.4 Å². The highest BCUT2D eigenvalue weighted by Gasteiger charge is 2.32. The van der Waals surface area contributed by atoms with Crippen LogP contribution in [0.5, 0.6) is 0 Å². The minimum absolute atomic E-state index is 0.00845. The fourth-order valence-corrected chi connectivity index (χ4v) is 3.34. The van der Waals surface area contributed by atoms with Crippen molar-refractivity contribution in [3.63, 3.8) is 0 Å². The molecule has 114 valence electrons. The van der Waals surface area contributed by atoms with Crippen LogP contribution < -0.4 is 5.32 Å². The van der Waals surface area contributed by atoms with E-state index in [1.807, 2.05) is 17.0 Å². The first-order valence-corrected chi connectivity index (χ1v) is 7.95. The van der Waals surface area contributed by atoms with Crippen molar-refractivity contribution >= 4 is 5.91 Å². The number of nitrogens with zero attached hydrogens (tertiary/aromatic N) is 1. The quantitative estimate of drug-likeness (QED) is 0.904. The third-order valence-corrected chi connectivity index (χ3v) is 4.55. The summed E-state index contributed by atoms with van der Waals surface area (Å²) in [7, 11) is 0. The molecule has 1 aliphatic carbocycles. The molecule has 2 aliphatic rings. The first kappa shape index (κ1) is 14.5. The van der Waals surface area contributed by atoms with Gasteiger partial charge < -0.3 is 9.64 Å². The van der Waals surface area contributed by atoms with Crippen LogP contribution in [0.4, 0.5) is 0 Å². The largest absolute Gasteiger partial charge is 0.376 e. The fourth-order valence-electron chi connectivity index (χ4n) is 3.34. The van der Waals surface area contributed by atoms with Crippen LogP contribution in [-0.4, -0.2) is 36.6 Å². The van der Waals surface area contributed by atoms with Crippen LogP contribution in [0.2, 0.25) is 0 Å². The lowest BCUT2D eigenvalue weighted by Crippen LogP contribution is -2.34. The summed E-state index contributed by atoms with van der Waals surface area (Å²) in [6.07, 6.45) is 5.31. The van der Waals surface area contributed by atoms with E-state index in [-0.39, 0.29) is 12.1 Å². The van der Waals surface area contributed by atoms with Crippen molar-refractivity contribution in [2.75, 3.05) is 19.7 Å². The molecule has 4 heteroatoms. The predicted octanol–water partition coefficient (Wildman–Crippen LogP) is 2.38. The summed E-state index contributed by atoms with van der Waals surface area (Å²) in [4.78, 5) is 14.0. The van der Waals surface area contributed by atoms with Crippen molar-refractivity contribution in [3.8, 4) is 0 Å². The van der Waals surface area contributed by atoms with Crippen LogP contribution >= 0.6 is 0 Å². The van der Waals surface area contributed by atoms with E-state index in [9.17, 15) is 4.79 Å². The molecule has 0 aromatic heterocycles. The average molecular weight is 288 g/mol. The Morgan fingerprint density at radius 1 is 1.29 bits per heavy atom. The second-order valence-corrected chi connectivity index (χ2v) is 6.00. The molecular weight excluding hydrogens is 264 g/mol. The van der Waals surface area contributed by atoms with Gasteiger partial charge in [0.2, 0.25) is 5.91 Å². The smallest absolute Gasteiger partial charge is 0.238 e. The maximum atomic E-state index is 12.1. The Hall–Kier alpha value is -1.39. The van der Waals surface area contributed by atoms with E-state index >= 15 is 0 Å². The van der Waals surface area contributed by atoms with Gasteiger partial charge in [-0.15, -0.1) is 0 Å². The van der Waals surface area contributed by atoms with Gasteiger partial charge in [-0.2, -0.15) is 0 Å². The van der Waals surface area contributed by atoms with E-state index < -0.39 is 0 Å². The third-order valence-electron chi connectivity index (χ3n) is 4.55. The Morgan fingerprint density at radius 3 is 2.81 bits per heavy atom.